The number of halogens is 2. The highest BCUT2D eigenvalue weighted by molar-refractivity contribution is 9.10. The Morgan fingerprint density at radius 2 is 2.05 bits per heavy atom. The quantitative estimate of drug-likeness (QED) is 0.731. The average Bonchev–Trinajstić information content (AvgIpc) is 2.68. The molecule has 6 heteroatoms. The fourth-order valence-corrected chi connectivity index (χ4v) is 2.53. The van der Waals surface area contributed by atoms with Crippen LogP contribution in [0.15, 0.2) is 50.1 Å². The molecule has 0 atom stereocenters. The van der Waals surface area contributed by atoms with E-state index in [1.807, 2.05) is 0 Å². The highest BCUT2D eigenvalue weighted by Crippen LogP contribution is 2.21. The van der Waals surface area contributed by atoms with E-state index >= 15 is 0 Å². The molecule has 3 aromatic rings. The van der Waals surface area contributed by atoms with Gasteiger partial charge in [-0.3, -0.25) is 4.57 Å². The van der Waals surface area contributed by atoms with Gasteiger partial charge in [-0.15, -0.1) is 0 Å². The highest BCUT2D eigenvalue weighted by Gasteiger charge is 2.11. The highest BCUT2D eigenvalue weighted by atomic mass is 79.9. The maximum atomic E-state index is 13.1. The molecule has 3 rings (SSSR count). The van der Waals surface area contributed by atoms with Crippen LogP contribution in [0.5, 0.6) is 0 Å². The summed E-state index contributed by atoms with van der Waals surface area (Å²) < 4.78 is 20.3. The van der Waals surface area contributed by atoms with E-state index in [2.05, 4.69) is 15.9 Å². The third-order valence-corrected chi connectivity index (χ3v) is 3.77. The molecule has 20 heavy (non-hydrogen) atoms. The topological polar surface area (TPSA) is 61.2 Å². The lowest BCUT2D eigenvalue weighted by atomic mass is 10.2. The van der Waals surface area contributed by atoms with Crippen LogP contribution < -0.4 is 11.5 Å². The van der Waals surface area contributed by atoms with E-state index in [1.165, 1.54) is 16.7 Å². The van der Waals surface area contributed by atoms with Crippen LogP contribution in [0.1, 0.15) is 5.56 Å². The molecule has 2 N–H and O–H groups in total. The van der Waals surface area contributed by atoms with Gasteiger partial charge in [-0.25, -0.2) is 9.18 Å². The number of rotatable bonds is 2. The zero-order valence-corrected chi connectivity index (χ0v) is 11.9. The van der Waals surface area contributed by atoms with Crippen LogP contribution in [0.3, 0.4) is 0 Å². The van der Waals surface area contributed by atoms with Crippen LogP contribution >= 0.6 is 15.9 Å². The first-order chi connectivity index (χ1) is 9.54. The lowest BCUT2D eigenvalue weighted by molar-refractivity contribution is 0.517. The van der Waals surface area contributed by atoms with E-state index in [0.717, 1.165) is 5.56 Å². The van der Waals surface area contributed by atoms with E-state index < -0.39 is 5.76 Å². The van der Waals surface area contributed by atoms with Gasteiger partial charge in [0.2, 0.25) is 0 Å². The SMILES string of the molecule is Nc1ccc2c(c1)oc(=O)n2Cc1ccc(F)cc1Br. The van der Waals surface area contributed by atoms with E-state index in [4.69, 9.17) is 10.2 Å². The van der Waals surface area contributed by atoms with E-state index in [-0.39, 0.29) is 12.4 Å². The second kappa shape index (κ2) is 4.79. The summed E-state index contributed by atoms with van der Waals surface area (Å²) in [6.07, 6.45) is 0. The summed E-state index contributed by atoms with van der Waals surface area (Å²) in [7, 11) is 0. The molecule has 1 heterocycles. The fourth-order valence-electron chi connectivity index (χ4n) is 2.05. The second-order valence-electron chi connectivity index (χ2n) is 4.42. The van der Waals surface area contributed by atoms with Gasteiger partial charge in [0.15, 0.2) is 5.58 Å². The molecule has 4 nitrogen and oxygen atoms in total. The van der Waals surface area contributed by atoms with Gasteiger partial charge < -0.3 is 10.2 Å². The van der Waals surface area contributed by atoms with Crippen LogP contribution in [0.25, 0.3) is 11.1 Å². The number of oxazole rings is 1. The van der Waals surface area contributed by atoms with Crippen LogP contribution in [0.4, 0.5) is 10.1 Å². The van der Waals surface area contributed by atoms with Gasteiger partial charge >= 0.3 is 5.76 Å². The monoisotopic (exact) mass is 336 g/mol. The molecular weight excluding hydrogens is 327 g/mol. The molecule has 0 spiro atoms. The average molecular weight is 337 g/mol. The number of aromatic nitrogens is 1. The smallest absolute Gasteiger partial charge is 0.408 e. The van der Waals surface area contributed by atoms with Gasteiger partial charge in [-0.2, -0.15) is 0 Å². The zero-order chi connectivity index (χ0) is 14.3. The minimum Gasteiger partial charge on any atom is -0.408 e. The molecule has 0 aliphatic rings. The summed E-state index contributed by atoms with van der Waals surface area (Å²) in [6.45, 7) is 0.288. The molecule has 1 aromatic heterocycles. The van der Waals surface area contributed by atoms with Crippen LogP contribution in [-0.2, 0) is 6.54 Å². The van der Waals surface area contributed by atoms with Crippen molar-refractivity contribution in [3.63, 3.8) is 0 Å². The van der Waals surface area contributed by atoms with Crippen molar-refractivity contribution in [2.24, 2.45) is 0 Å². The van der Waals surface area contributed by atoms with E-state index in [9.17, 15) is 9.18 Å². The Labute approximate surface area is 121 Å². The molecule has 2 aromatic carbocycles. The first-order valence-electron chi connectivity index (χ1n) is 5.87. The maximum Gasteiger partial charge on any atom is 0.420 e. The largest absolute Gasteiger partial charge is 0.420 e. The Morgan fingerprint density at radius 3 is 2.80 bits per heavy atom. The van der Waals surface area contributed by atoms with Crippen molar-refractivity contribution < 1.29 is 8.81 Å². The zero-order valence-electron chi connectivity index (χ0n) is 10.3. The molecule has 0 bridgehead atoms. The second-order valence-corrected chi connectivity index (χ2v) is 5.27. The molecule has 0 unspecified atom stereocenters. The normalized spacial score (nSPS) is 11.1. The predicted molar refractivity (Wildman–Crippen MR) is 78.1 cm³/mol. The van der Waals surface area contributed by atoms with Gasteiger partial charge in [0.1, 0.15) is 5.82 Å². The molecule has 102 valence electrons. The predicted octanol–water partition coefficient (Wildman–Crippen LogP) is 3.13. The maximum absolute atomic E-state index is 13.1. The minimum absolute atomic E-state index is 0.288. The standard InChI is InChI=1S/C14H10BrFN2O2/c15-11-5-9(16)2-1-8(11)7-18-12-4-3-10(17)6-13(12)20-14(18)19/h1-6H,7,17H2. The van der Waals surface area contributed by atoms with Crippen LogP contribution in [-0.4, -0.2) is 4.57 Å². The van der Waals surface area contributed by atoms with Crippen molar-refractivity contribution >= 4 is 32.7 Å². The first-order valence-corrected chi connectivity index (χ1v) is 6.67. The van der Waals surface area contributed by atoms with Gasteiger partial charge in [0.25, 0.3) is 0 Å². The molecule has 0 amide bonds. The first kappa shape index (κ1) is 12.9. The van der Waals surface area contributed by atoms with Gasteiger partial charge in [0.05, 0.1) is 12.1 Å². The molecule has 0 fully saturated rings. The Morgan fingerprint density at radius 1 is 1.25 bits per heavy atom. The summed E-state index contributed by atoms with van der Waals surface area (Å²) in [4.78, 5) is 11.9. The van der Waals surface area contributed by atoms with Gasteiger partial charge in [0, 0.05) is 16.2 Å². The van der Waals surface area contributed by atoms with Crippen molar-refractivity contribution in [1.82, 2.24) is 4.57 Å². The lowest BCUT2D eigenvalue weighted by Gasteiger charge is -2.05. The van der Waals surface area contributed by atoms with Crippen molar-refractivity contribution in [3.8, 4) is 0 Å². The number of benzene rings is 2. The number of fused-ring (bicyclic) bond motifs is 1. The van der Waals surface area contributed by atoms with Gasteiger partial charge in [-0.1, -0.05) is 22.0 Å². The van der Waals surface area contributed by atoms with Crippen molar-refractivity contribution in [1.29, 1.82) is 0 Å². The summed E-state index contributed by atoms with van der Waals surface area (Å²) in [5.74, 6) is -0.806. The summed E-state index contributed by atoms with van der Waals surface area (Å²) in [6, 6.07) is 9.38. The Balaban J connectivity index is 2.11. The van der Waals surface area contributed by atoms with Crippen molar-refractivity contribution in [3.05, 3.63) is 62.8 Å². The summed E-state index contributed by atoms with van der Waals surface area (Å²) in [5, 5.41) is 0. The molecule has 0 radical (unpaired) electrons. The summed E-state index contributed by atoms with van der Waals surface area (Å²) in [5.41, 5.74) is 8.06. The number of hydrogen-bond donors (Lipinski definition) is 1. The van der Waals surface area contributed by atoms with Crippen LogP contribution in [0, 0.1) is 5.82 Å². The Kier molecular flexibility index (Phi) is 3.10. The minimum atomic E-state index is -0.471. The van der Waals surface area contributed by atoms with E-state index in [1.54, 1.807) is 24.3 Å². The molecule has 0 saturated carbocycles. The molecular formula is C14H10BrFN2O2. The third-order valence-electron chi connectivity index (χ3n) is 3.04. The number of anilines is 1. The molecule has 0 aliphatic heterocycles. The number of nitrogens with two attached hydrogens (primary N) is 1. The summed E-state index contributed by atoms with van der Waals surface area (Å²) >= 11 is 3.29. The Bertz CT molecular complexity index is 854. The van der Waals surface area contributed by atoms with E-state index in [0.29, 0.717) is 21.3 Å². The van der Waals surface area contributed by atoms with Crippen molar-refractivity contribution in [2.45, 2.75) is 6.54 Å². The number of nitrogen functional groups attached to an aromatic ring is 1. The molecule has 0 aliphatic carbocycles. The fraction of sp³-hybridized carbons (Fsp3) is 0.0714. The number of hydrogen-bond acceptors (Lipinski definition) is 3. The third kappa shape index (κ3) is 2.22. The van der Waals surface area contributed by atoms with Crippen molar-refractivity contribution in [2.75, 3.05) is 5.73 Å². The lowest BCUT2D eigenvalue weighted by Crippen LogP contribution is -2.15. The number of nitrogens with zero attached hydrogens (tertiary/aromatic N) is 1. The molecule has 0 saturated heterocycles. The Hall–Kier alpha value is -2.08. The van der Waals surface area contributed by atoms with Gasteiger partial charge in [-0.05, 0) is 29.8 Å². The van der Waals surface area contributed by atoms with Crippen LogP contribution in [0.2, 0.25) is 0 Å².